The minimum atomic E-state index is -3.72. The van der Waals surface area contributed by atoms with Crippen molar-refractivity contribution in [2.75, 3.05) is 0 Å². The zero-order valence-corrected chi connectivity index (χ0v) is 7.47. The molecular formula is C7H14O3S. The van der Waals surface area contributed by atoms with Crippen molar-refractivity contribution >= 4 is 10.1 Å². The monoisotopic (exact) mass is 178 g/mol. The first kappa shape index (κ1) is 9.00. The van der Waals surface area contributed by atoms with Crippen LogP contribution in [0.5, 0.6) is 0 Å². The van der Waals surface area contributed by atoms with E-state index in [1.54, 1.807) is 0 Å². The summed E-state index contributed by atoms with van der Waals surface area (Å²) in [7, 11) is -3.72. The second-order valence-electron chi connectivity index (χ2n) is 3.26. The highest BCUT2D eigenvalue weighted by molar-refractivity contribution is 7.86. The van der Waals surface area contributed by atoms with Crippen LogP contribution in [-0.2, 0) is 10.1 Å². The molecule has 0 amide bonds. The third-order valence-corrected chi connectivity index (χ3v) is 3.54. The van der Waals surface area contributed by atoms with E-state index in [-0.39, 0.29) is 0 Å². The lowest BCUT2D eigenvalue weighted by molar-refractivity contribution is 0.281. The van der Waals surface area contributed by atoms with E-state index < -0.39 is 15.4 Å². The molecule has 11 heavy (non-hydrogen) atoms. The van der Waals surface area contributed by atoms with Gasteiger partial charge in [0.2, 0.25) is 0 Å². The van der Waals surface area contributed by atoms with Gasteiger partial charge < -0.3 is 0 Å². The minimum Gasteiger partial charge on any atom is -0.285 e. The van der Waals surface area contributed by atoms with E-state index in [9.17, 15) is 8.42 Å². The van der Waals surface area contributed by atoms with Gasteiger partial charge in [0.05, 0.1) is 5.25 Å². The third kappa shape index (κ3) is 2.17. The van der Waals surface area contributed by atoms with E-state index in [1.807, 2.05) is 0 Å². The quantitative estimate of drug-likeness (QED) is 0.665. The summed E-state index contributed by atoms with van der Waals surface area (Å²) >= 11 is 0. The Hall–Kier alpha value is -0.0900. The van der Waals surface area contributed by atoms with Crippen molar-refractivity contribution in [3.63, 3.8) is 0 Å². The normalized spacial score (nSPS) is 31.5. The van der Waals surface area contributed by atoms with Crippen LogP contribution in [0.3, 0.4) is 0 Å². The van der Waals surface area contributed by atoms with Crippen LogP contribution >= 0.6 is 0 Å². The average molecular weight is 178 g/mol. The molecule has 0 saturated heterocycles. The van der Waals surface area contributed by atoms with Crippen LogP contribution in [-0.4, -0.2) is 18.2 Å². The Morgan fingerprint density at radius 1 is 1.45 bits per heavy atom. The van der Waals surface area contributed by atoms with Gasteiger partial charge in [-0.15, -0.1) is 0 Å². The number of rotatable bonds is 3. The van der Waals surface area contributed by atoms with Crippen LogP contribution < -0.4 is 0 Å². The summed E-state index contributed by atoms with van der Waals surface area (Å²) in [5, 5.41) is -0.459. The van der Waals surface area contributed by atoms with Crippen molar-refractivity contribution in [2.45, 2.75) is 37.9 Å². The first-order valence-corrected chi connectivity index (χ1v) is 5.50. The summed E-state index contributed by atoms with van der Waals surface area (Å²) < 4.78 is 29.6. The van der Waals surface area contributed by atoms with Gasteiger partial charge >= 0.3 is 0 Å². The molecule has 1 aliphatic carbocycles. The molecule has 0 spiro atoms. The Kier molecular flexibility index (Phi) is 2.54. The Labute approximate surface area is 67.6 Å². The molecule has 1 N–H and O–H groups in total. The number of hydrogen-bond acceptors (Lipinski definition) is 2. The van der Waals surface area contributed by atoms with Gasteiger partial charge in [-0.25, -0.2) is 0 Å². The first-order valence-electron chi connectivity index (χ1n) is 4.00. The maximum Gasteiger partial charge on any atom is 0.267 e. The van der Waals surface area contributed by atoms with E-state index in [0.717, 1.165) is 12.8 Å². The van der Waals surface area contributed by atoms with Gasteiger partial charge in [-0.1, -0.05) is 19.8 Å². The first-order chi connectivity index (χ1) is 5.04. The highest BCUT2D eigenvalue weighted by Gasteiger charge is 2.36. The zero-order valence-electron chi connectivity index (χ0n) is 6.66. The van der Waals surface area contributed by atoms with Gasteiger partial charge in [-0.05, 0) is 18.8 Å². The average Bonchev–Trinajstić information content (AvgIpc) is 1.74. The maximum absolute atomic E-state index is 10.5. The molecule has 0 aliphatic heterocycles. The molecule has 66 valence electrons. The van der Waals surface area contributed by atoms with E-state index in [4.69, 9.17) is 4.55 Å². The SMILES string of the molecule is CCCC1CC(S(=O)(=O)O)C1. The second-order valence-corrected chi connectivity index (χ2v) is 4.96. The van der Waals surface area contributed by atoms with E-state index in [2.05, 4.69) is 6.92 Å². The molecule has 0 aromatic heterocycles. The summed E-state index contributed by atoms with van der Waals surface area (Å²) in [6, 6.07) is 0. The van der Waals surface area contributed by atoms with Crippen LogP contribution in [0.4, 0.5) is 0 Å². The molecule has 0 aromatic rings. The predicted molar refractivity (Wildman–Crippen MR) is 43.0 cm³/mol. The van der Waals surface area contributed by atoms with Gasteiger partial charge in [-0.2, -0.15) is 8.42 Å². The lowest BCUT2D eigenvalue weighted by atomic mass is 9.82. The lowest BCUT2D eigenvalue weighted by Gasteiger charge is -2.32. The van der Waals surface area contributed by atoms with Crippen molar-refractivity contribution in [3.05, 3.63) is 0 Å². The van der Waals surface area contributed by atoms with Gasteiger partial charge in [0, 0.05) is 0 Å². The Bertz CT molecular complexity index is 214. The van der Waals surface area contributed by atoms with Crippen molar-refractivity contribution in [2.24, 2.45) is 5.92 Å². The van der Waals surface area contributed by atoms with E-state index >= 15 is 0 Å². The van der Waals surface area contributed by atoms with Crippen LogP contribution in [0.1, 0.15) is 32.6 Å². The fourth-order valence-electron chi connectivity index (χ4n) is 1.56. The summed E-state index contributed by atoms with van der Waals surface area (Å²) in [5.74, 6) is 0.534. The predicted octanol–water partition coefficient (Wildman–Crippen LogP) is 1.45. The molecule has 0 heterocycles. The molecule has 0 aromatic carbocycles. The topological polar surface area (TPSA) is 54.4 Å². The molecular weight excluding hydrogens is 164 g/mol. The minimum absolute atomic E-state index is 0.459. The third-order valence-electron chi connectivity index (χ3n) is 2.31. The summed E-state index contributed by atoms with van der Waals surface area (Å²) in [6.07, 6.45) is 3.51. The molecule has 1 rings (SSSR count). The van der Waals surface area contributed by atoms with Gasteiger partial charge in [0.15, 0.2) is 0 Å². The van der Waals surface area contributed by atoms with Crippen LogP contribution in [0.2, 0.25) is 0 Å². The maximum atomic E-state index is 10.5. The Morgan fingerprint density at radius 2 is 2.00 bits per heavy atom. The highest BCUT2D eigenvalue weighted by Crippen LogP contribution is 2.35. The van der Waals surface area contributed by atoms with Crippen molar-refractivity contribution in [1.82, 2.24) is 0 Å². The number of hydrogen-bond donors (Lipinski definition) is 1. The molecule has 0 atom stereocenters. The smallest absolute Gasteiger partial charge is 0.267 e. The molecule has 1 aliphatic rings. The molecule has 0 unspecified atom stereocenters. The molecule has 0 bridgehead atoms. The van der Waals surface area contributed by atoms with Gasteiger partial charge in [0.25, 0.3) is 10.1 Å². The highest BCUT2D eigenvalue weighted by atomic mass is 32.2. The lowest BCUT2D eigenvalue weighted by Crippen LogP contribution is -2.35. The second kappa shape index (κ2) is 3.11. The molecule has 0 radical (unpaired) electrons. The molecule has 4 heteroatoms. The van der Waals surface area contributed by atoms with E-state index in [0.29, 0.717) is 18.8 Å². The fraction of sp³-hybridized carbons (Fsp3) is 1.00. The van der Waals surface area contributed by atoms with Crippen molar-refractivity contribution < 1.29 is 13.0 Å². The van der Waals surface area contributed by atoms with Gasteiger partial charge in [0.1, 0.15) is 0 Å². The van der Waals surface area contributed by atoms with Crippen LogP contribution in [0.25, 0.3) is 0 Å². The van der Waals surface area contributed by atoms with Crippen LogP contribution in [0.15, 0.2) is 0 Å². The fourth-order valence-corrected chi connectivity index (χ4v) is 2.59. The Morgan fingerprint density at radius 3 is 2.36 bits per heavy atom. The summed E-state index contributed by atoms with van der Waals surface area (Å²) in [5.41, 5.74) is 0. The standard InChI is InChI=1S/C7H14O3S/c1-2-3-6-4-7(5-6)11(8,9)10/h6-7H,2-5H2,1H3,(H,8,9,10). The molecule has 3 nitrogen and oxygen atoms in total. The van der Waals surface area contributed by atoms with Crippen LogP contribution in [0, 0.1) is 5.92 Å². The summed E-state index contributed by atoms with van der Waals surface area (Å²) in [4.78, 5) is 0. The van der Waals surface area contributed by atoms with Crippen molar-refractivity contribution in [1.29, 1.82) is 0 Å². The van der Waals surface area contributed by atoms with E-state index in [1.165, 1.54) is 0 Å². The Balaban J connectivity index is 2.30. The largest absolute Gasteiger partial charge is 0.285 e. The zero-order chi connectivity index (χ0) is 8.48. The van der Waals surface area contributed by atoms with Crippen molar-refractivity contribution in [3.8, 4) is 0 Å². The van der Waals surface area contributed by atoms with Gasteiger partial charge in [-0.3, -0.25) is 4.55 Å². The molecule has 1 saturated carbocycles. The molecule has 1 fully saturated rings. The summed E-state index contributed by atoms with van der Waals surface area (Å²) in [6.45, 7) is 2.08.